The van der Waals surface area contributed by atoms with Crippen molar-refractivity contribution in [3.8, 4) is 0 Å². The van der Waals surface area contributed by atoms with Crippen LogP contribution in [0.5, 0.6) is 0 Å². The second-order valence-corrected chi connectivity index (χ2v) is 6.14. The molecule has 1 aromatic carbocycles. The summed E-state index contributed by atoms with van der Waals surface area (Å²) in [6.45, 7) is -0.625. The van der Waals surface area contributed by atoms with Gasteiger partial charge in [-0.25, -0.2) is 0 Å². The van der Waals surface area contributed by atoms with Crippen LogP contribution in [0.25, 0.3) is 0 Å². The van der Waals surface area contributed by atoms with Crippen LogP contribution >= 0.6 is 6.49 Å². The molecule has 0 amide bonds. The predicted octanol–water partition coefficient (Wildman–Crippen LogP) is -1.10. The first kappa shape index (κ1) is 14.8. The van der Waals surface area contributed by atoms with Gasteiger partial charge in [0, 0.05) is 12.8 Å². The zero-order chi connectivity index (χ0) is 9.73. The Labute approximate surface area is 112 Å². The van der Waals surface area contributed by atoms with Gasteiger partial charge in [0.2, 0.25) is 0 Å². The van der Waals surface area contributed by atoms with Gasteiger partial charge < -0.3 is 9.42 Å². The summed E-state index contributed by atoms with van der Waals surface area (Å²) in [6, 6.07) is 9.52. The van der Waals surface area contributed by atoms with Gasteiger partial charge in [0.15, 0.2) is 0 Å². The van der Waals surface area contributed by atoms with Crippen LogP contribution in [0.2, 0.25) is 0 Å². The van der Waals surface area contributed by atoms with E-state index in [-0.39, 0.29) is 29.6 Å². The summed E-state index contributed by atoms with van der Waals surface area (Å²) in [6.07, 6.45) is 0.344. The van der Waals surface area contributed by atoms with Gasteiger partial charge in [0.25, 0.3) is 0 Å². The van der Waals surface area contributed by atoms with Gasteiger partial charge in [-0.05, 0) is 19.0 Å². The van der Waals surface area contributed by atoms with Crippen molar-refractivity contribution < 1.29 is 39.0 Å². The molecule has 0 fully saturated rings. The van der Waals surface area contributed by atoms with E-state index in [4.69, 9.17) is 16.3 Å². The standard InChI is InChI=1S/C9H13O2PS.Na/c1-2-11-12(10,13)8-9-6-4-3-5-7-9;/h3-7H,2,8H2,1H3,(H,10,13);/q;+1/p-1. The van der Waals surface area contributed by atoms with Crippen LogP contribution in [0.4, 0.5) is 0 Å². The summed E-state index contributed by atoms with van der Waals surface area (Å²) in [5.41, 5.74) is 0.967. The third-order valence-electron chi connectivity index (χ3n) is 1.54. The largest absolute Gasteiger partial charge is 1.00 e. The Morgan fingerprint density at radius 2 is 1.93 bits per heavy atom. The second-order valence-electron chi connectivity index (χ2n) is 2.67. The average molecular weight is 238 g/mol. The van der Waals surface area contributed by atoms with Crippen molar-refractivity contribution in [3.05, 3.63) is 35.9 Å². The van der Waals surface area contributed by atoms with Gasteiger partial charge in [-0.1, -0.05) is 42.1 Å². The topological polar surface area (TPSA) is 32.3 Å². The fourth-order valence-corrected chi connectivity index (χ4v) is 2.96. The van der Waals surface area contributed by atoms with Gasteiger partial charge in [0.1, 0.15) is 0 Å². The fraction of sp³-hybridized carbons (Fsp3) is 0.333. The van der Waals surface area contributed by atoms with Crippen LogP contribution in [0, 0.1) is 0 Å². The molecule has 0 bridgehead atoms. The molecule has 0 N–H and O–H groups in total. The quantitative estimate of drug-likeness (QED) is 0.493. The third-order valence-corrected chi connectivity index (χ3v) is 3.65. The molecule has 72 valence electrons. The van der Waals surface area contributed by atoms with Crippen LogP contribution in [0.3, 0.4) is 0 Å². The summed E-state index contributed by atoms with van der Waals surface area (Å²) in [5.74, 6) is 0. The summed E-state index contributed by atoms with van der Waals surface area (Å²) in [5, 5.41) is 0. The second kappa shape index (κ2) is 7.13. The van der Waals surface area contributed by atoms with Gasteiger partial charge in [0.05, 0.1) is 0 Å². The monoisotopic (exact) mass is 238 g/mol. The van der Waals surface area contributed by atoms with Crippen LogP contribution in [-0.2, 0) is 22.5 Å². The molecule has 0 saturated carbocycles. The third kappa shape index (κ3) is 5.62. The summed E-state index contributed by atoms with van der Waals surface area (Å²) >= 11 is 4.86. The van der Waals surface area contributed by atoms with E-state index in [1.165, 1.54) is 0 Å². The molecule has 0 aliphatic rings. The molecule has 0 radical (unpaired) electrons. The van der Waals surface area contributed by atoms with Crippen molar-refractivity contribution in [3.63, 3.8) is 0 Å². The molecule has 0 aliphatic heterocycles. The van der Waals surface area contributed by atoms with Crippen molar-refractivity contribution in [2.24, 2.45) is 0 Å². The molecule has 1 aromatic rings. The van der Waals surface area contributed by atoms with E-state index >= 15 is 0 Å². The molecule has 14 heavy (non-hydrogen) atoms. The van der Waals surface area contributed by atoms with E-state index in [1.807, 2.05) is 30.3 Å². The van der Waals surface area contributed by atoms with Crippen molar-refractivity contribution in [1.82, 2.24) is 0 Å². The molecule has 0 heterocycles. The minimum Gasteiger partial charge on any atom is -0.800 e. The Balaban J connectivity index is 0.00000169. The zero-order valence-corrected chi connectivity index (χ0v) is 12.2. The maximum atomic E-state index is 11.6. The Kier molecular flexibility index (Phi) is 7.53. The van der Waals surface area contributed by atoms with E-state index in [9.17, 15) is 4.89 Å². The molecule has 1 atom stereocenters. The normalized spacial score (nSPS) is 14.1. The van der Waals surface area contributed by atoms with Gasteiger partial charge in [-0.2, -0.15) is 0 Å². The first-order chi connectivity index (χ1) is 6.14. The number of hydrogen-bond acceptors (Lipinski definition) is 3. The fourth-order valence-electron chi connectivity index (χ4n) is 1.05. The number of hydrogen-bond donors (Lipinski definition) is 0. The van der Waals surface area contributed by atoms with Crippen molar-refractivity contribution >= 4 is 18.3 Å². The van der Waals surface area contributed by atoms with E-state index in [0.717, 1.165) is 5.56 Å². The molecule has 0 aromatic heterocycles. The van der Waals surface area contributed by atoms with Crippen molar-refractivity contribution in [2.75, 3.05) is 6.61 Å². The van der Waals surface area contributed by atoms with Gasteiger partial charge >= 0.3 is 29.6 Å². The Morgan fingerprint density at radius 3 is 2.43 bits per heavy atom. The zero-order valence-electron chi connectivity index (χ0n) is 8.47. The SMILES string of the molecule is CCOP([O-])(=S)Cc1ccccc1.[Na+]. The van der Waals surface area contributed by atoms with Crippen LogP contribution < -0.4 is 34.5 Å². The molecule has 2 nitrogen and oxygen atoms in total. The van der Waals surface area contributed by atoms with Crippen molar-refractivity contribution in [2.45, 2.75) is 13.1 Å². The smallest absolute Gasteiger partial charge is 0.800 e. The maximum absolute atomic E-state index is 11.6. The average Bonchev–Trinajstić information content (AvgIpc) is 2.04. The van der Waals surface area contributed by atoms with E-state index < -0.39 is 6.49 Å². The molecule has 0 spiro atoms. The predicted molar refractivity (Wildman–Crippen MR) is 56.1 cm³/mol. The van der Waals surface area contributed by atoms with Crippen LogP contribution in [0.15, 0.2) is 30.3 Å². The summed E-state index contributed by atoms with van der Waals surface area (Å²) in [4.78, 5) is 11.6. The van der Waals surface area contributed by atoms with E-state index in [0.29, 0.717) is 12.8 Å². The van der Waals surface area contributed by atoms with Crippen LogP contribution in [0.1, 0.15) is 12.5 Å². The Morgan fingerprint density at radius 1 is 1.36 bits per heavy atom. The first-order valence-electron chi connectivity index (χ1n) is 4.12. The molecule has 5 heteroatoms. The van der Waals surface area contributed by atoms with Crippen molar-refractivity contribution in [1.29, 1.82) is 0 Å². The Hall–Kier alpha value is 0.790. The molecule has 0 aliphatic carbocycles. The summed E-state index contributed by atoms with van der Waals surface area (Å²) < 4.78 is 5.00. The maximum Gasteiger partial charge on any atom is 1.00 e. The number of benzene rings is 1. The molecular formula is C9H12NaO2PS. The van der Waals surface area contributed by atoms with Crippen LogP contribution in [-0.4, -0.2) is 6.61 Å². The minimum atomic E-state index is -2.83. The van der Waals surface area contributed by atoms with E-state index in [2.05, 4.69) is 0 Å². The molecule has 0 saturated heterocycles. The molecular weight excluding hydrogens is 226 g/mol. The number of rotatable bonds is 4. The minimum absolute atomic E-state index is 0. The van der Waals surface area contributed by atoms with Gasteiger partial charge in [-0.15, -0.1) is 0 Å². The summed E-state index contributed by atoms with van der Waals surface area (Å²) in [7, 11) is 0. The first-order valence-corrected chi connectivity index (χ1v) is 6.95. The molecule has 1 unspecified atom stereocenters. The van der Waals surface area contributed by atoms with E-state index in [1.54, 1.807) is 6.92 Å². The van der Waals surface area contributed by atoms with Gasteiger partial charge in [-0.3, -0.25) is 0 Å². The molecule has 1 rings (SSSR count). The Bertz CT molecular complexity index is 305.